The van der Waals surface area contributed by atoms with Crippen LogP contribution in [0.25, 0.3) is 0 Å². The molecule has 1 heterocycles. The van der Waals surface area contributed by atoms with Crippen LogP contribution in [0.3, 0.4) is 0 Å². The van der Waals surface area contributed by atoms with Crippen LogP contribution in [0.1, 0.15) is 18.5 Å². The van der Waals surface area contributed by atoms with Crippen LogP contribution in [0, 0.1) is 0 Å². The molecule has 0 aromatic carbocycles. The summed E-state index contributed by atoms with van der Waals surface area (Å²) in [6.45, 7) is 3.17. The second-order valence-corrected chi connectivity index (χ2v) is 4.46. The maximum Gasteiger partial charge on any atom is 0.0945 e. The lowest BCUT2D eigenvalue weighted by atomic mass is 10.4. The molecule has 4 heteroatoms. The van der Waals surface area contributed by atoms with Crippen molar-refractivity contribution < 1.29 is 0 Å². The van der Waals surface area contributed by atoms with Crippen molar-refractivity contribution in [3.05, 3.63) is 18.2 Å². The van der Waals surface area contributed by atoms with Gasteiger partial charge in [0.25, 0.3) is 0 Å². The van der Waals surface area contributed by atoms with Crippen molar-refractivity contribution in [2.75, 3.05) is 20.1 Å². The van der Waals surface area contributed by atoms with Gasteiger partial charge in [0.2, 0.25) is 0 Å². The smallest absolute Gasteiger partial charge is 0.0945 e. The second kappa shape index (κ2) is 4.77. The summed E-state index contributed by atoms with van der Waals surface area (Å²) >= 11 is 0. The Hall–Kier alpha value is -0.870. The maximum absolute atomic E-state index is 4.11. The van der Waals surface area contributed by atoms with E-state index < -0.39 is 0 Å². The topological polar surface area (TPSA) is 33.1 Å². The van der Waals surface area contributed by atoms with Gasteiger partial charge in [0.05, 0.1) is 12.0 Å². The summed E-state index contributed by atoms with van der Waals surface area (Å²) in [6, 6.07) is 0.815. The lowest BCUT2D eigenvalue weighted by Gasteiger charge is -2.16. The lowest BCUT2D eigenvalue weighted by molar-refractivity contribution is 0.317. The van der Waals surface area contributed by atoms with Gasteiger partial charge in [-0.15, -0.1) is 0 Å². The predicted octanol–water partition coefficient (Wildman–Crippen LogP) is 0.604. The SMILES string of the molecule is CN(CCNC1CC1)Cc1cncn1C. The third-order valence-electron chi connectivity index (χ3n) is 2.85. The molecule has 0 saturated heterocycles. The molecule has 1 saturated carbocycles. The van der Waals surface area contributed by atoms with Crippen LogP contribution in [0.15, 0.2) is 12.5 Å². The Morgan fingerprint density at radius 3 is 3.00 bits per heavy atom. The first-order chi connectivity index (χ1) is 7.25. The van der Waals surface area contributed by atoms with Crippen LogP contribution in [0.4, 0.5) is 0 Å². The normalized spacial score (nSPS) is 16.2. The Kier molecular flexibility index (Phi) is 3.38. The molecule has 1 aromatic heterocycles. The Balaban J connectivity index is 1.67. The molecular weight excluding hydrogens is 188 g/mol. The number of nitrogens with zero attached hydrogens (tertiary/aromatic N) is 3. The van der Waals surface area contributed by atoms with Crippen LogP contribution in [-0.4, -0.2) is 40.6 Å². The first-order valence-corrected chi connectivity index (χ1v) is 5.63. The van der Waals surface area contributed by atoms with E-state index in [0.717, 1.165) is 25.7 Å². The number of likely N-dealkylation sites (N-methyl/N-ethyl adjacent to an activating group) is 1. The quantitative estimate of drug-likeness (QED) is 0.743. The molecule has 4 nitrogen and oxygen atoms in total. The lowest BCUT2D eigenvalue weighted by Crippen LogP contribution is -2.30. The average Bonchev–Trinajstić information content (AvgIpc) is 2.93. The van der Waals surface area contributed by atoms with Gasteiger partial charge in [0.1, 0.15) is 0 Å². The molecule has 0 aliphatic heterocycles. The molecule has 0 amide bonds. The molecular formula is C11H20N4. The average molecular weight is 208 g/mol. The second-order valence-electron chi connectivity index (χ2n) is 4.46. The van der Waals surface area contributed by atoms with Crippen molar-refractivity contribution >= 4 is 0 Å². The molecule has 0 unspecified atom stereocenters. The number of hydrogen-bond donors (Lipinski definition) is 1. The van der Waals surface area contributed by atoms with Gasteiger partial charge in [-0.2, -0.15) is 0 Å². The van der Waals surface area contributed by atoms with Crippen LogP contribution in [0.2, 0.25) is 0 Å². The van der Waals surface area contributed by atoms with Crippen molar-refractivity contribution in [1.29, 1.82) is 0 Å². The molecule has 1 aliphatic rings. The molecule has 1 aliphatic carbocycles. The Morgan fingerprint density at radius 1 is 1.60 bits per heavy atom. The highest BCUT2D eigenvalue weighted by Crippen LogP contribution is 2.17. The van der Waals surface area contributed by atoms with Gasteiger partial charge in [-0.1, -0.05) is 0 Å². The van der Waals surface area contributed by atoms with E-state index in [-0.39, 0.29) is 0 Å². The Labute approximate surface area is 91.3 Å². The van der Waals surface area contributed by atoms with Crippen LogP contribution in [-0.2, 0) is 13.6 Å². The Morgan fingerprint density at radius 2 is 2.40 bits per heavy atom. The van der Waals surface area contributed by atoms with Crippen molar-refractivity contribution in [2.24, 2.45) is 7.05 Å². The van der Waals surface area contributed by atoms with Crippen molar-refractivity contribution in [3.8, 4) is 0 Å². The molecule has 2 rings (SSSR count). The summed E-state index contributed by atoms with van der Waals surface area (Å²) < 4.78 is 2.07. The summed E-state index contributed by atoms with van der Waals surface area (Å²) in [5.74, 6) is 0. The van der Waals surface area contributed by atoms with E-state index in [1.165, 1.54) is 18.5 Å². The van der Waals surface area contributed by atoms with Gasteiger partial charge in [0, 0.05) is 38.9 Å². The first-order valence-electron chi connectivity index (χ1n) is 5.63. The number of aryl methyl sites for hydroxylation is 1. The third kappa shape index (κ3) is 3.32. The molecule has 84 valence electrons. The van der Waals surface area contributed by atoms with Gasteiger partial charge in [0.15, 0.2) is 0 Å². The van der Waals surface area contributed by atoms with Crippen molar-refractivity contribution in [1.82, 2.24) is 19.8 Å². The predicted molar refractivity (Wildman–Crippen MR) is 60.6 cm³/mol. The maximum atomic E-state index is 4.11. The molecule has 1 fully saturated rings. The van der Waals surface area contributed by atoms with E-state index in [0.29, 0.717) is 0 Å². The fraction of sp³-hybridized carbons (Fsp3) is 0.727. The summed E-state index contributed by atoms with van der Waals surface area (Å²) in [7, 11) is 4.19. The number of imidazole rings is 1. The van der Waals surface area contributed by atoms with E-state index in [2.05, 4.69) is 26.8 Å². The number of rotatable bonds is 6. The van der Waals surface area contributed by atoms with E-state index in [1.807, 2.05) is 19.6 Å². The number of aromatic nitrogens is 2. The van der Waals surface area contributed by atoms with Gasteiger partial charge in [-0.3, -0.25) is 4.90 Å². The van der Waals surface area contributed by atoms with Crippen LogP contribution >= 0.6 is 0 Å². The molecule has 1 N–H and O–H groups in total. The highest BCUT2D eigenvalue weighted by molar-refractivity contribution is 4.96. The van der Waals surface area contributed by atoms with Gasteiger partial charge >= 0.3 is 0 Å². The molecule has 0 spiro atoms. The number of hydrogen-bond acceptors (Lipinski definition) is 3. The minimum atomic E-state index is 0.815. The highest BCUT2D eigenvalue weighted by atomic mass is 15.1. The molecule has 15 heavy (non-hydrogen) atoms. The largest absolute Gasteiger partial charge is 0.337 e. The Bertz CT molecular complexity index is 303. The summed E-state index contributed by atoms with van der Waals surface area (Å²) in [5, 5.41) is 3.52. The zero-order chi connectivity index (χ0) is 10.7. The number of nitrogens with one attached hydrogen (secondary N) is 1. The van der Waals surface area contributed by atoms with Gasteiger partial charge in [-0.05, 0) is 19.9 Å². The van der Waals surface area contributed by atoms with Gasteiger partial charge in [-0.25, -0.2) is 4.98 Å². The van der Waals surface area contributed by atoms with Gasteiger partial charge < -0.3 is 9.88 Å². The first kappa shape index (κ1) is 10.6. The summed E-state index contributed by atoms with van der Waals surface area (Å²) in [6.07, 6.45) is 6.52. The molecule has 0 atom stereocenters. The highest BCUT2D eigenvalue weighted by Gasteiger charge is 2.19. The molecule has 1 aromatic rings. The monoisotopic (exact) mass is 208 g/mol. The van der Waals surface area contributed by atoms with Crippen molar-refractivity contribution in [3.63, 3.8) is 0 Å². The zero-order valence-corrected chi connectivity index (χ0v) is 9.61. The van der Waals surface area contributed by atoms with Crippen LogP contribution < -0.4 is 5.32 Å². The molecule has 0 radical (unpaired) electrons. The summed E-state index contributed by atoms with van der Waals surface area (Å²) in [5.41, 5.74) is 1.27. The fourth-order valence-electron chi connectivity index (χ4n) is 1.64. The fourth-order valence-corrected chi connectivity index (χ4v) is 1.64. The van der Waals surface area contributed by atoms with Crippen LogP contribution in [0.5, 0.6) is 0 Å². The van der Waals surface area contributed by atoms with Crippen molar-refractivity contribution in [2.45, 2.75) is 25.4 Å². The molecule has 0 bridgehead atoms. The minimum Gasteiger partial charge on any atom is -0.337 e. The van der Waals surface area contributed by atoms with E-state index >= 15 is 0 Å². The summed E-state index contributed by atoms with van der Waals surface area (Å²) in [4.78, 5) is 6.44. The third-order valence-corrected chi connectivity index (χ3v) is 2.85. The van der Waals surface area contributed by atoms with E-state index in [1.54, 1.807) is 0 Å². The standard InChI is InChI=1S/C11H20N4/c1-14(6-5-13-10-3-4-10)8-11-7-12-9-15(11)2/h7,9-10,13H,3-6,8H2,1-2H3. The van der Waals surface area contributed by atoms with E-state index in [9.17, 15) is 0 Å². The zero-order valence-electron chi connectivity index (χ0n) is 9.61. The van der Waals surface area contributed by atoms with E-state index in [4.69, 9.17) is 0 Å². The minimum absolute atomic E-state index is 0.815.